The number of nitrogens with one attached hydrogen (secondary N) is 1. The number of nitrogens with zero attached hydrogens (tertiary/aromatic N) is 2. The lowest BCUT2D eigenvalue weighted by molar-refractivity contribution is 0.0949. The molecule has 0 atom stereocenters. The summed E-state index contributed by atoms with van der Waals surface area (Å²) in [6.45, 7) is 0.965. The maximum atomic E-state index is 12.9. The van der Waals surface area contributed by atoms with Crippen molar-refractivity contribution in [3.05, 3.63) is 99.6 Å². The minimum Gasteiger partial charge on any atom is -0.348 e. The number of anilines is 1. The lowest BCUT2D eigenvalue weighted by Gasteiger charge is -2.18. The van der Waals surface area contributed by atoms with Crippen molar-refractivity contribution in [1.82, 2.24) is 5.32 Å². The lowest BCUT2D eigenvalue weighted by atomic mass is 10.1. The third-order valence-corrected chi connectivity index (χ3v) is 5.36. The van der Waals surface area contributed by atoms with Gasteiger partial charge in [0.05, 0.1) is 11.6 Å². The van der Waals surface area contributed by atoms with Crippen LogP contribution >= 0.6 is 11.6 Å². The van der Waals surface area contributed by atoms with Gasteiger partial charge in [-0.15, -0.1) is 0 Å². The Hall–Kier alpha value is -3.62. The molecule has 0 aromatic heterocycles. The number of nitriles is 1. The Kier molecular flexibility index (Phi) is 5.51. The molecule has 0 unspecified atom stereocenters. The molecule has 30 heavy (non-hydrogen) atoms. The molecule has 3 aromatic carbocycles. The van der Waals surface area contributed by atoms with E-state index in [1.54, 1.807) is 53.4 Å². The molecular weight excluding hydrogens is 398 g/mol. The number of benzene rings is 3. The van der Waals surface area contributed by atoms with Gasteiger partial charge >= 0.3 is 0 Å². The highest BCUT2D eigenvalue weighted by molar-refractivity contribution is 6.30. The number of carbonyl (C=O) groups excluding carboxylic acids is 2. The van der Waals surface area contributed by atoms with Crippen molar-refractivity contribution >= 4 is 29.1 Å². The third kappa shape index (κ3) is 4.05. The fourth-order valence-electron chi connectivity index (χ4n) is 3.47. The minimum absolute atomic E-state index is 0.0656. The van der Waals surface area contributed by atoms with E-state index in [2.05, 4.69) is 5.32 Å². The van der Waals surface area contributed by atoms with E-state index in [1.165, 1.54) is 0 Å². The first-order chi connectivity index (χ1) is 14.5. The molecule has 6 heteroatoms. The summed E-state index contributed by atoms with van der Waals surface area (Å²) in [4.78, 5) is 27.1. The van der Waals surface area contributed by atoms with Gasteiger partial charge in [-0.1, -0.05) is 23.7 Å². The van der Waals surface area contributed by atoms with Crippen molar-refractivity contribution in [2.24, 2.45) is 0 Å². The number of hydrogen-bond donors (Lipinski definition) is 1. The van der Waals surface area contributed by atoms with Gasteiger partial charge in [-0.25, -0.2) is 0 Å². The Labute approximate surface area is 179 Å². The van der Waals surface area contributed by atoms with Crippen LogP contribution in [-0.2, 0) is 13.0 Å². The largest absolute Gasteiger partial charge is 0.348 e. The van der Waals surface area contributed by atoms with E-state index >= 15 is 0 Å². The van der Waals surface area contributed by atoms with E-state index in [9.17, 15) is 9.59 Å². The maximum absolute atomic E-state index is 12.9. The molecule has 0 saturated heterocycles. The highest BCUT2D eigenvalue weighted by Gasteiger charge is 2.25. The normalized spacial score (nSPS) is 12.2. The molecule has 4 rings (SSSR count). The van der Waals surface area contributed by atoms with Crippen LogP contribution < -0.4 is 10.2 Å². The molecule has 0 bridgehead atoms. The number of fused-ring (bicyclic) bond motifs is 1. The van der Waals surface area contributed by atoms with Crippen LogP contribution in [0, 0.1) is 11.3 Å². The zero-order chi connectivity index (χ0) is 21.1. The zero-order valence-electron chi connectivity index (χ0n) is 16.1. The predicted octanol–water partition coefficient (Wildman–Crippen LogP) is 4.34. The van der Waals surface area contributed by atoms with Crippen molar-refractivity contribution in [3.8, 4) is 6.07 Å². The zero-order valence-corrected chi connectivity index (χ0v) is 16.8. The molecule has 1 aliphatic heterocycles. The Morgan fingerprint density at radius 1 is 1.00 bits per heavy atom. The standard InChI is InChI=1S/C24H18ClN3O2/c25-21-9-7-20(8-10-21)24(30)28-12-11-18-4-3-17(13-22(18)28)15-27-23(29)19-5-1-16(14-26)2-6-19/h1-10,13H,11-12,15H2,(H,27,29). The number of halogens is 1. The highest BCUT2D eigenvalue weighted by Crippen LogP contribution is 2.30. The number of rotatable bonds is 4. The van der Waals surface area contributed by atoms with Gasteiger partial charge in [0.1, 0.15) is 0 Å². The Morgan fingerprint density at radius 2 is 1.70 bits per heavy atom. The molecule has 0 radical (unpaired) electrons. The summed E-state index contributed by atoms with van der Waals surface area (Å²) < 4.78 is 0. The van der Waals surface area contributed by atoms with Gasteiger partial charge in [-0.3, -0.25) is 9.59 Å². The maximum Gasteiger partial charge on any atom is 0.258 e. The van der Waals surface area contributed by atoms with Crippen molar-refractivity contribution in [2.45, 2.75) is 13.0 Å². The molecular formula is C24H18ClN3O2. The fraction of sp³-hybridized carbons (Fsp3) is 0.125. The number of amides is 2. The quantitative estimate of drug-likeness (QED) is 0.688. The second kappa shape index (κ2) is 8.40. The van der Waals surface area contributed by atoms with Gasteiger partial charge < -0.3 is 10.2 Å². The van der Waals surface area contributed by atoms with Crippen LogP contribution in [0.4, 0.5) is 5.69 Å². The van der Waals surface area contributed by atoms with Crippen LogP contribution in [0.1, 0.15) is 37.4 Å². The van der Waals surface area contributed by atoms with E-state index in [-0.39, 0.29) is 11.8 Å². The molecule has 0 spiro atoms. The molecule has 2 amide bonds. The fourth-order valence-corrected chi connectivity index (χ4v) is 3.60. The summed E-state index contributed by atoms with van der Waals surface area (Å²) in [6, 6.07) is 21.3. The molecule has 148 valence electrons. The Bertz CT molecular complexity index is 1150. The number of hydrogen-bond acceptors (Lipinski definition) is 3. The van der Waals surface area contributed by atoms with Crippen LogP contribution in [0.15, 0.2) is 66.7 Å². The van der Waals surface area contributed by atoms with E-state index in [1.807, 2.05) is 24.3 Å². The van der Waals surface area contributed by atoms with Crippen molar-refractivity contribution in [1.29, 1.82) is 5.26 Å². The Balaban J connectivity index is 1.47. The first-order valence-electron chi connectivity index (χ1n) is 9.53. The van der Waals surface area contributed by atoms with Crippen LogP contribution in [-0.4, -0.2) is 18.4 Å². The summed E-state index contributed by atoms with van der Waals surface area (Å²) in [5.74, 6) is -0.279. The minimum atomic E-state index is -0.214. The summed E-state index contributed by atoms with van der Waals surface area (Å²) >= 11 is 5.92. The molecule has 1 aliphatic rings. The van der Waals surface area contributed by atoms with Crippen LogP contribution in [0.3, 0.4) is 0 Å². The average molecular weight is 416 g/mol. The van der Waals surface area contributed by atoms with Crippen LogP contribution in [0.25, 0.3) is 0 Å². The molecule has 0 aliphatic carbocycles. The van der Waals surface area contributed by atoms with Crippen molar-refractivity contribution in [2.75, 3.05) is 11.4 Å². The van der Waals surface area contributed by atoms with E-state index in [0.29, 0.717) is 34.8 Å². The summed E-state index contributed by atoms with van der Waals surface area (Å²) in [5.41, 5.74) is 4.49. The van der Waals surface area contributed by atoms with Gasteiger partial charge in [-0.2, -0.15) is 5.26 Å². The Morgan fingerprint density at radius 3 is 2.40 bits per heavy atom. The lowest BCUT2D eigenvalue weighted by Crippen LogP contribution is -2.29. The van der Waals surface area contributed by atoms with E-state index < -0.39 is 0 Å². The number of carbonyl (C=O) groups is 2. The second-order valence-electron chi connectivity index (χ2n) is 7.05. The third-order valence-electron chi connectivity index (χ3n) is 5.11. The first-order valence-corrected chi connectivity index (χ1v) is 9.90. The average Bonchev–Trinajstić information content (AvgIpc) is 3.21. The van der Waals surface area contributed by atoms with E-state index in [0.717, 1.165) is 23.2 Å². The molecule has 5 nitrogen and oxygen atoms in total. The predicted molar refractivity (Wildman–Crippen MR) is 116 cm³/mol. The molecule has 0 fully saturated rings. The van der Waals surface area contributed by atoms with Gasteiger partial charge in [0, 0.05) is 34.9 Å². The molecule has 1 heterocycles. The molecule has 3 aromatic rings. The van der Waals surface area contributed by atoms with Gasteiger partial charge in [0.2, 0.25) is 0 Å². The second-order valence-corrected chi connectivity index (χ2v) is 7.49. The summed E-state index contributed by atoms with van der Waals surface area (Å²) in [5, 5.41) is 12.3. The van der Waals surface area contributed by atoms with Crippen molar-refractivity contribution in [3.63, 3.8) is 0 Å². The van der Waals surface area contributed by atoms with Gasteiger partial charge in [0.25, 0.3) is 11.8 Å². The smallest absolute Gasteiger partial charge is 0.258 e. The van der Waals surface area contributed by atoms with Gasteiger partial charge in [0.15, 0.2) is 0 Å². The molecule has 1 N–H and O–H groups in total. The summed E-state index contributed by atoms with van der Waals surface area (Å²) in [7, 11) is 0. The van der Waals surface area contributed by atoms with Crippen molar-refractivity contribution < 1.29 is 9.59 Å². The highest BCUT2D eigenvalue weighted by atomic mass is 35.5. The topological polar surface area (TPSA) is 73.2 Å². The van der Waals surface area contributed by atoms with Crippen LogP contribution in [0.2, 0.25) is 5.02 Å². The SMILES string of the molecule is N#Cc1ccc(C(=O)NCc2ccc3c(c2)N(C(=O)c2ccc(Cl)cc2)CC3)cc1. The first kappa shape index (κ1) is 19.7. The van der Waals surface area contributed by atoms with Crippen LogP contribution in [0.5, 0.6) is 0 Å². The molecule has 0 saturated carbocycles. The van der Waals surface area contributed by atoms with Gasteiger partial charge in [-0.05, 0) is 72.1 Å². The summed E-state index contributed by atoms with van der Waals surface area (Å²) in [6.07, 6.45) is 0.798. The van der Waals surface area contributed by atoms with E-state index in [4.69, 9.17) is 16.9 Å². The monoisotopic (exact) mass is 415 g/mol.